The number of ether oxygens (including phenoxy) is 2. The molecule has 1 aromatic heterocycles. The minimum absolute atomic E-state index is 0.00779. The van der Waals surface area contributed by atoms with Crippen LogP contribution in [0.25, 0.3) is 10.4 Å². The first-order valence-electron chi connectivity index (χ1n) is 24.0. The number of carbonyl (C=O) groups is 3. The first kappa shape index (κ1) is 48.8. The zero-order chi connectivity index (χ0) is 47.8. The second-order valence-electron chi connectivity index (χ2n) is 19.5. The van der Waals surface area contributed by atoms with E-state index in [4.69, 9.17) is 9.47 Å². The molecule has 2 aliphatic heterocycles. The molecular formula is C54H66N6O7S. The van der Waals surface area contributed by atoms with Crippen molar-refractivity contribution in [2.75, 3.05) is 65.6 Å². The van der Waals surface area contributed by atoms with Crippen LogP contribution in [0.15, 0.2) is 103 Å². The first-order valence-corrected chi connectivity index (χ1v) is 24.9. The van der Waals surface area contributed by atoms with Gasteiger partial charge in [-0.25, -0.2) is 4.98 Å². The Hall–Kier alpha value is -5.64. The predicted octanol–water partition coefficient (Wildman–Crippen LogP) is 6.51. The van der Waals surface area contributed by atoms with Gasteiger partial charge in [0, 0.05) is 64.7 Å². The number of hydrogen-bond donors (Lipinski definition) is 4. The summed E-state index contributed by atoms with van der Waals surface area (Å²) >= 11 is 1.58. The number of likely N-dealkylation sites (tertiary alicyclic amines) is 1. The third-order valence-electron chi connectivity index (χ3n) is 13.7. The summed E-state index contributed by atoms with van der Waals surface area (Å²) in [6, 6.07) is 31.2. The van der Waals surface area contributed by atoms with Crippen LogP contribution in [-0.2, 0) is 32.1 Å². The van der Waals surface area contributed by atoms with Crippen molar-refractivity contribution in [3.05, 3.63) is 136 Å². The van der Waals surface area contributed by atoms with Crippen molar-refractivity contribution in [2.45, 2.75) is 83.5 Å². The zero-order valence-electron chi connectivity index (χ0n) is 39.7. The number of hydrogen-bond acceptors (Lipinski definition) is 11. The van der Waals surface area contributed by atoms with Crippen LogP contribution in [0.2, 0.25) is 0 Å². The van der Waals surface area contributed by atoms with Gasteiger partial charge in [-0.3, -0.25) is 24.2 Å². The number of piperazine rings is 1. The number of aromatic hydroxyl groups is 1. The van der Waals surface area contributed by atoms with Gasteiger partial charge in [0.05, 0.1) is 28.8 Å². The van der Waals surface area contributed by atoms with Crippen LogP contribution < -0.4 is 15.4 Å². The van der Waals surface area contributed by atoms with Crippen LogP contribution >= 0.6 is 11.3 Å². The van der Waals surface area contributed by atoms with Gasteiger partial charge in [-0.05, 0) is 88.7 Å². The van der Waals surface area contributed by atoms with E-state index in [0.717, 1.165) is 73.0 Å². The average molecular weight is 943 g/mol. The molecule has 5 aromatic rings. The Morgan fingerprint density at radius 3 is 2.26 bits per heavy atom. The van der Waals surface area contributed by atoms with Gasteiger partial charge < -0.3 is 35.2 Å². The highest BCUT2D eigenvalue weighted by Gasteiger charge is 2.44. The van der Waals surface area contributed by atoms with E-state index in [9.17, 15) is 24.6 Å². The lowest BCUT2D eigenvalue weighted by atomic mass is 9.69. The number of phenolic OH excluding ortho intramolecular Hbond substituents is 1. The Kier molecular flexibility index (Phi) is 15.9. The van der Waals surface area contributed by atoms with Crippen molar-refractivity contribution in [2.24, 2.45) is 5.41 Å². The Bertz CT molecular complexity index is 2470. The molecule has 68 heavy (non-hydrogen) atoms. The molecule has 0 saturated carbocycles. The lowest BCUT2D eigenvalue weighted by Gasteiger charge is -2.35. The number of carbonyl (C=O) groups excluding carboxylic acids is 3. The standard InChI is InChI=1S/C54H66N6O7S/c1-36-50(68-35-56-36)40-12-10-37(11-13-40)32-55-52(64)47-31-43(62)33-60(47)53(65)51(54(2,3)4)57-48(63)34-66-28-26-58-22-24-59(25-23-58)27-29-67-44-18-14-39(15-19-44)49-45(38-8-6-5-7-9-38)20-16-41-30-42(61)17-21-46(41)49/h5-15,17-19,21,30,35,43,45,47,49,51,61-62H,16,20,22-29,31-34H2,1-4H3,(H,55,64)(H,57,63)/t43-,45-,47+,49+,51?/m1/s1. The van der Waals surface area contributed by atoms with Gasteiger partial charge in [0.1, 0.15) is 36.8 Å². The van der Waals surface area contributed by atoms with E-state index in [1.54, 1.807) is 17.4 Å². The molecule has 3 amide bonds. The maximum atomic E-state index is 14.1. The van der Waals surface area contributed by atoms with Gasteiger partial charge in [0.15, 0.2) is 0 Å². The second-order valence-corrected chi connectivity index (χ2v) is 20.4. The molecule has 0 bridgehead atoms. The summed E-state index contributed by atoms with van der Waals surface area (Å²) in [6.45, 7) is 13.7. The van der Waals surface area contributed by atoms with Crippen molar-refractivity contribution < 1.29 is 34.1 Å². The Morgan fingerprint density at radius 2 is 1.59 bits per heavy atom. The first-order chi connectivity index (χ1) is 32.8. The highest BCUT2D eigenvalue weighted by Crippen LogP contribution is 2.47. The number of nitrogens with zero attached hydrogens (tertiary/aromatic N) is 4. The Morgan fingerprint density at radius 1 is 0.882 bits per heavy atom. The monoisotopic (exact) mass is 942 g/mol. The van der Waals surface area contributed by atoms with E-state index in [1.807, 2.05) is 63.5 Å². The summed E-state index contributed by atoms with van der Waals surface area (Å²) in [5, 5.41) is 26.6. The fourth-order valence-corrected chi connectivity index (χ4v) is 10.7. The molecule has 8 rings (SSSR count). The van der Waals surface area contributed by atoms with Crippen molar-refractivity contribution in [3.63, 3.8) is 0 Å². The van der Waals surface area contributed by atoms with E-state index in [2.05, 4.69) is 86.1 Å². The van der Waals surface area contributed by atoms with E-state index in [1.165, 1.54) is 27.2 Å². The molecule has 1 aliphatic carbocycles. The van der Waals surface area contributed by atoms with Crippen LogP contribution in [0, 0.1) is 12.3 Å². The van der Waals surface area contributed by atoms with Gasteiger partial charge >= 0.3 is 0 Å². The number of phenols is 1. The van der Waals surface area contributed by atoms with Crippen LogP contribution in [-0.4, -0.2) is 131 Å². The normalized spacial score (nSPS) is 20.4. The highest BCUT2D eigenvalue weighted by molar-refractivity contribution is 7.13. The molecule has 2 fully saturated rings. The molecule has 13 nitrogen and oxygen atoms in total. The molecule has 3 heterocycles. The minimum atomic E-state index is -0.928. The number of aliphatic hydroxyl groups is 1. The smallest absolute Gasteiger partial charge is 0.246 e. The number of aryl methyl sites for hydroxylation is 2. The number of aliphatic hydroxyl groups excluding tert-OH is 1. The Labute approximate surface area is 404 Å². The summed E-state index contributed by atoms with van der Waals surface area (Å²) in [5.74, 6) is 0.546. The number of aromatic nitrogens is 1. The number of nitrogens with one attached hydrogen (secondary N) is 2. The summed E-state index contributed by atoms with van der Waals surface area (Å²) < 4.78 is 12.0. The van der Waals surface area contributed by atoms with Crippen LogP contribution in [0.3, 0.4) is 0 Å². The number of amides is 3. The molecule has 0 spiro atoms. The van der Waals surface area contributed by atoms with Gasteiger partial charge in [0.2, 0.25) is 17.7 Å². The molecule has 1 unspecified atom stereocenters. The Balaban J connectivity index is 0.741. The van der Waals surface area contributed by atoms with Crippen LogP contribution in [0.1, 0.15) is 79.0 Å². The topological polar surface area (TPSA) is 157 Å². The van der Waals surface area contributed by atoms with Crippen molar-refractivity contribution in [3.8, 4) is 21.9 Å². The van der Waals surface area contributed by atoms with Crippen molar-refractivity contribution >= 4 is 29.1 Å². The van der Waals surface area contributed by atoms with Crippen molar-refractivity contribution in [1.29, 1.82) is 0 Å². The van der Waals surface area contributed by atoms with Gasteiger partial charge in [-0.15, -0.1) is 11.3 Å². The number of fused-ring (bicyclic) bond motifs is 1. The van der Waals surface area contributed by atoms with E-state index in [-0.39, 0.29) is 37.9 Å². The number of rotatable bonds is 17. The quantitative estimate of drug-likeness (QED) is 0.0759. The molecule has 360 valence electrons. The molecule has 14 heteroatoms. The summed E-state index contributed by atoms with van der Waals surface area (Å²) in [4.78, 5) is 52.3. The molecule has 4 aromatic carbocycles. The molecule has 0 radical (unpaired) electrons. The van der Waals surface area contributed by atoms with Gasteiger partial charge in [-0.2, -0.15) is 0 Å². The lowest BCUT2D eigenvalue weighted by Crippen LogP contribution is -2.58. The zero-order valence-corrected chi connectivity index (χ0v) is 40.6. The number of thiazole rings is 1. The summed E-state index contributed by atoms with van der Waals surface area (Å²) in [6.07, 6.45) is 1.23. The maximum Gasteiger partial charge on any atom is 0.246 e. The molecule has 3 aliphatic rings. The third-order valence-corrected chi connectivity index (χ3v) is 14.7. The minimum Gasteiger partial charge on any atom is -0.508 e. The SMILES string of the molecule is Cc1ncsc1-c1ccc(CNC(=O)[C@@H]2C[C@@H](O)CN2C(=O)C(NC(=O)COCCN2CCN(CCOc3ccc([C@@H]4c5ccc(O)cc5CC[C@@H]4c4ccccc4)cc3)CC2)C(C)(C)C)cc1. The van der Waals surface area contributed by atoms with Gasteiger partial charge in [0.25, 0.3) is 0 Å². The van der Waals surface area contributed by atoms with Crippen LogP contribution in [0.5, 0.6) is 11.5 Å². The van der Waals surface area contributed by atoms with Crippen LogP contribution in [0.4, 0.5) is 0 Å². The fraction of sp³-hybridized carbons (Fsp3) is 0.444. The summed E-state index contributed by atoms with van der Waals surface area (Å²) in [7, 11) is 0. The maximum absolute atomic E-state index is 14.1. The van der Waals surface area contributed by atoms with Gasteiger partial charge in [-0.1, -0.05) is 93.6 Å². The molecular weight excluding hydrogens is 877 g/mol. The second kappa shape index (κ2) is 22.2. The van der Waals surface area contributed by atoms with E-state index < -0.39 is 35.4 Å². The lowest BCUT2D eigenvalue weighted by molar-refractivity contribution is -0.144. The predicted molar refractivity (Wildman–Crippen MR) is 265 cm³/mol. The molecule has 2 saturated heterocycles. The molecule has 5 atom stereocenters. The highest BCUT2D eigenvalue weighted by atomic mass is 32.1. The third kappa shape index (κ3) is 12.1. The number of β-amino-alcohol motifs (C(OH)–C–C–N with tert-alkyl or cyclic N) is 1. The van der Waals surface area contributed by atoms with E-state index in [0.29, 0.717) is 31.4 Å². The van der Waals surface area contributed by atoms with Crippen molar-refractivity contribution in [1.82, 2.24) is 30.3 Å². The number of benzene rings is 4. The van der Waals surface area contributed by atoms with E-state index >= 15 is 0 Å². The largest absolute Gasteiger partial charge is 0.508 e. The fourth-order valence-electron chi connectivity index (χ4n) is 9.92. The average Bonchev–Trinajstić information content (AvgIpc) is 3.96. The molecule has 4 N–H and O–H groups in total. The summed E-state index contributed by atoms with van der Waals surface area (Å²) in [5.41, 5.74) is 9.17.